The number of alkyl halides is 2. The molecule has 3 aromatic heterocycles. The molecule has 6 nitrogen and oxygen atoms in total. The molecule has 0 saturated heterocycles. The van der Waals surface area contributed by atoms with Crippen LogP contribution in [-0.4, -0.2) is 51.2 Å². The number of nitrogens with zero attached hydrogens (tertiary/aromatic N) is 4. The van der Waals surface area contributed by atoms with Gasteiger partial charge in [0.25, 0.3) is 11.6 Å². The van der Waals surface area contributed by atoms with Gasteiger partial charge >= 0.3 is 0 Å². The molecule has 2 aliphatic rings. The highest BCUT2D eigenvalue weighted by Crippen LogP contribution is 2.34. The van der Waals surface area contributed by atoms with E-state index >= 15 is 0 Å². The topological polar surface area (TPSA) is 59.7 Å². The van der Waals surface area contributed by atoms with Crippen LogP contribution in [-0.2, 0) is 24.2 Å². The number of halogens is 2. The molecule has 0 N–H and O–H groups in total. The third kappa shape index (κ3) is 6.25. The standard InChI is InChI=1S/C26H32F2N4O2S/c27-24(28)17-34-26-30-22-16-31(12-9-23(22)35-26)11-8-18-4-6-19(7-5-18)13-21(33)14-20-15-29-25-3-1-2-10-32(20)25/h1-3,10,15,18-19,24H,4-9,11-14,16-17H2. The highest BCUT2D eigenvalue weighted by molar-refractivity contribution is 7.13. The minimum Gasteiger partial charge on any atom is -0.464 e. The van der Waals surface area contributed by atoms with E-state index in [2.05, 4.69) is 14.9 Å². The van der Waals surface area contributed by atoms with Gasteiger partial charge in [0, 0.05) is 48.9 Å². The molecule has 9 heteroatoms. The van der Waals surface area contributed by atoms with Crippen LogP contribution in [0, 0.1) is 11.8 Å². The zero-order valence-electron chi connectivity index (χ0n) is 19.9. The van der Waals surface area contributed by atoms with Crippen molar-refractivity contribution in [3.8, 4) is 5.19 Å². The fourth-order valence-electron chi connectivity index (χ4n) is 5.42. The Morgan fingerprint density at radius 2 is 2.03 bits per heavy atom. The molecular weight excluding hydrogens is 470 g/mol. The van der Waals surface area contributed by atoms with Crippen LogP contribution in [0.4, 0.5) is 8.78 Å². The van der Waals surface area contributed by atoms with E-state index in [0.717, 1.165) is 62.4 Å². The van der Waals surface area contributed by atoms with E-state index in [0.29, 0.717) is 35.7 Å². The van der Waals surface area contributed by atoms with Crippen molar-refractivity contribution in [2.75, 3.05) is 19.7 Å². The number of fused-ring (bicyclic) bond motifs is 2. The maximum atomic E-state index is 12.7. The molecule has 35 heavy (non-hydrogen) atoms. The van der Waals surface area contributed by atoms with Crippen molar-refractivity contribution >= 4 is 22.8 Å². The number of rotatable bonds is 10. The molecule has 0 atom stereocenters. The van der Waals surface area contributed by atoms with Gasteiger partial charge in [-0.3, -0.25) is 9.69 Å². The van der Waals surface area contributed by atoms with Gasteiger partial charge in [-0.25, -0.2) is 18.7 Å². The monoisotopic (exact) mass is 502 g/mol. The van der Waals surface area contributed by atoms with Gasteiger partial charge in [-0.15, -0.1) is 0 Å². The van der Waals surface area contributed by atoms with Gasteiger partial charge in [-0.2, -0.15) is 0 Å². The first kappa shape index (κ1) is 24.3. The third-order valence-electron chi connectivity index (χ3n) is 7.33. The summed E-state index contributed by atoms with van der Waals surface area (Å²) in [6.45, 7) is 2.20. The summed E-state index contributed by atoms with van der Waals surface area (Å²) in [6, 6.07) is 5.88. The van der Waals surface area contributed by atoms with Gasteiger partial charge in [-0.05, 0) is 56.2 Å². The number of aromatic nitrogens is 3. The van der Waals surface area contributed by atoms with Crippen LogP contribution < -0.4 is 4.74 Å². The fraction of sp³-hybridized carbons (Fsp3) is 0.577. The quantitative estimate of drug-likeness (QED) is 0.382. The minimum atomic E-state index is -2.47. The molecule has 1 fully saturated rings. The molecule has 3 aromatic rings. The van der Waals surface area contributed by atoms with Gasteiger partial charge in [0.1, 0.15) is 11.4 Å². The summed E-state index contributed by atoms with van der Waals surface area (Å²) in [5.74, 6) is 1.52. The summed E-state index contributed by atoms with van der Waals surface area (Å²) >= 11 is 1.41. The largest absolute Gasteiger partial charge is 0.464 e. The van der Waals surface area contributed by atoms with Gasteiger partial charge in [0.05, 0.1) is 5.69 Å². The lowest BCUT2D eigenvalue weighted by atomic mass is 9.78. The molecule has 0 aromatic carbocycles. The Balaban J connectivity index is 1.02. The Morgan fingerprint density at radius 1 is 1.20 bits per heavy atom. The van der Waals surface area contributed by atoms with E-state index in [-0.39, 0.29) is 0 Å². The summed E-state index contributed by atoms with van der Waals surface area (Å²) in [5.41, 5.74) is 2.84. The van der Waals surface area contributed by atoms with Gasteiger partial charge < -0.3 is 9.14 Å². The first-order valence-electron chi connectivity index (χ1n) is 12.6. The molecule has 188 valence electrons. The lowest BCUT2D eigenvalue weighted by Gasteiger charge is -2.31. The second-order valence-corrected chi connectivity index (χ2v) is 10.9. The predicted octanol–water partition coefficient (Wildman–Crippen LogP) is 5.19. The Bertz CT molecular complexity index is 1140. The number of carbonyl (C=O) groups excluding carboxylic acids is 1. The Hall–Kier alpha value is -2.39. The van der Waals surface area contributed by atoms with Crippen LogP contribution in [0.15, 0.2) is 30.6 Å². The smallest absolute Gasteiger partial charge is 0.273 e. The average Bonchev–Trinajstić information content (AvgIpc) is 3.46. The van der Waals surface area contributed by atoms with E-state index in [4.69, 9.17) is 4.74 Å². The molecule has 4 heterocycles. The summed E-state index contributed by atoms with van der Waals surface area (Å²) in [4.78, 5) is 25.1. The Kier molecular flexibility index (Phi) is 7.72. The lowest BCUT2D eigenvalue weighted by molar-refractivity contribution is -0.119. The van der Waals surface area contributed by atoms with Crippen molar-refractivity contribution in [1.82, 2.24) is 19.3 Å². The predicted molar refractivity (Wildman–Crippen MR) is 131 cm³/mol. The summed E-state index contributed by atoms with van der Waals surface area (Å²) in [6.07, 6.45) is 9.14. The number of hydrogen-bond donors (Lipinski definition) is 0. The lowest BCUT2D eigenvalue weighted by Crippen LogP contribution is -2.32. The summed E-state index contributed by atoms with van der Waals surface area (Å²) in [7, 11) is 0. The van der Waals surface area contributed by atoms with Crippen LogP contribution in [0.25, 0.3) is 5.65 Å². The molecular formula is C26H32F2N4O2S. The van der Waals surface area contributed by atoms with Crippen LogP contribution in [0.5, 0.6) is 5.19 Å². The summed E-state index contributed by atoms with van der Waals surface area (Å²) in [5, 5.41) is 0.367. The first-order chi connectivity index (χ1) is 17.0. The number of imidazole rings is 1. The van der Waals surface area contributed by atoms with Gasteiger partial charge in [-0.1, -0.05) is 30.2 Å². The van der Waals surface area contributed by atoms with Crippen LogP contribution >= 0.6 is 11.3 Å². The zero-order valence-corrected chi connectivity index (χ0v) is 20.7. The number of pyridine rings is 1. The molecule has 5 rings (SSSR count). The second-order valence-electron chi connectivity index (χ2n) is 9.85. The molecule has 0 spiro atoms. The van der Waals surface area contributed by atoms with Crippen LogP contribution in [0.2, 0.25) is 0 Å². The number of Topliss-reactive ketones (excluding diaryl/α,β-unsaturated/α-hetero) is 1. The highest BCUT2D eigenvalue weighted by atomic mass is 32.1. The van der Waals surface area contributed by atoms with Gasteiger partial charge in [0.2, 0.25) is 0 Å². The maximum absolute atomic E-state index is 12.7. The fourth-order valence-corrected chi connectivity index (χ4v) is 6.33. The zero-order chi connectivity index (χ0) is 24.2. The van der Waals surface area contributed by atoms with Crippen molar-refractivity contribution in [2.45, 2.75) is 64.3 Å². The van der Waals surface area contributed by atoms with Crippen molar-refractivity contribution in [3.05, 3.63) is 46.9 Å². The maximum Gasteiger partial charge on any atom is 0.273 e. The van der Waals surface area contributed by atoms with Crippen LogP contribution in [0.3, 0.4) is 0 Å². The van der Waals surface area contributed by atoms with Crippen molar-refractivity contribution < 1.29 is 18.3 Å². The van der Waals surface area contributed by atoms with E-state index in [9.17, 15) is 13.6 Å². The van der Waals surface area contributed by atoms with Crippen molar-refractivity contribution in [1.29, 1.82) is 0 Å². The van der Waals surface area contributed by atoms with Gasteiger partial charge in [0.15, 0.2) is 6.61 Å². The molecule has 0 unspecified atom stereocenters. The number of hydrogen-bond acceptors (Lipinski definition) is 6. The van der Waals surface area contributed by atoms with Crippen molar-refractivity contribution in [3.63, 3.8) is 0 Å². The molecule has 0 amide bonds. The van der Waals surface area contributed by atoms with Crippen molar-refractivity contribution in [2.24, 2.45) is 11.8 Å². The Morgan fingerprint density at radius 3 is 2.86 bits per heavy atom. The Labute approximate surface area is 208 Å². The second kappa shape index (κ2) is 11.1. The molecule has 0 bridgehead atoms. The van der Waals surface area contributed by atoms with E-state index in [1.165, 1.54) is 29.1 Å². The highest BCUT2D eigenvalue weighted by Gasteiger charge is 2.26. The molecule has 0 radical (unpaired) electrons. The number of carbonyl (C=O) groups is 1. The average molecular weight is 503 g/mol. The van der Waals surface area contributed by atoms with E-state index in [1.54, 1.807) is 0 Å². The third-order valence-corrected chi connectivity index (χ3v) is 8.40. The summed E-state index contributed by atoms with van der Waals surface area (Å²) < 4.78 is 31.9. The SMILES string of the molecule is O=C(Cc1cnc2ccccn12)CC1CCC(CCN2CCc3sc(OCC(F)F)nc3C2)CC1. The van der Waals surface area contributed by atoms with Crippen LogP contribution in [0.1, 0.15) is 54.8 Å². The van der Waals surface area contributed by atoms with E-state index in [1.807, 2.05) is 35.0 Å². The first-order valence-corrected chi connectivity index (χ1v) is 13.4. The minimum absolute atomic E-state index is 0.309. The number of thiazole rings is 1. The molecule has 1 aliphatic carbocycles. The normalized spacial score (nSPS) is 20.9. The number of ketones is 1. The molecule has 1 aliphatic heterocycles. The van der Waals surface area contributed by atoms with E-state index < -0.39 is 13.0 Å². The number of ether oxygens (including phenoxy) is 1. The molecule has 1 saturated carbocycles.